The van der Waals surface area contributed by atoms with Gasteiger partial charge in [-0.25, -0.2) is 9.97 Å². The average Bonchev–Trinajstić information content (AvgIpc) is 3.46. The molecule has 2 aliphatic rings. The first-order valence-electron chi connectivity index (χ1n) is 9.04. The van der Waals surface area contributed by atoms with Crippen molar-refractivity contribution in [3.05, 3.63) is 41.7 Å². The predicted octanol–water partition coefficient (Wildman–Crippen LogP) is 2.26. The summed E-state index contributed by atoms with van der Waals surface area (Å²) in [4.78, 5) is 23.5. The molecule has 0 bridgehead atoms. The lowest BCUT2D eigenvalue weighted by Crippen LogP contribution is -2.36. The number of anilines is 3. The van der Waals surface area contributed by atoms with Crippen LogP contribution in [-0.2, 0) is 4.74 Å². The van der Waals surface area contributed by atoms with Crippen molar-refractivity contribution in [2.75, 3.05) is 36.5 Å². The molecule has 2 fully saturated rings. The van der Waals surface area contributed by atoms with Crippen LogP contribution >= 0.6 is 0 Å². The smallest absolute Gasteiger partial charge is 0.270 e. The standard InChI is InChI=1S/C19H23N5O2/c1-13-12-16(18(25)21-14-6-7-14)23-19(20-13)22-15-4-2-3-5-17(15)24-8-10-26-11-9-24/h2-5,12,14H,6-11H2,1H3,(H,21,25)(H,20,22,23). The van der Waals surface area contributed by atoms with Gasteiger partial charge in [-0.15, -0.1) is 0 Å². The van der Waals surface area contributed by atoms with Crippen molar-refractivity contribution in [2.45, 2.75) is 25.8 Å². The van der Waals surface area contributed by atoms with Crippen LogP contribution in [0.5, 0.6) is 0 Å². The highest BCUT2D eigenvalue weighted by Crippen LogP contribution is 2.28. The Morgan fingerprint density at radius 1 is 1.19 bits per heavy atom. The third kappa shape index (κ3) is 3.94. The van der Waals surface area contributed by atoms with Crippen molar-refractivity contribution in [2.24, 2.45) is 0 Å². The molecule has 2 N–H and O–H groups in total. The number of carbonyl (C=O) groups excluding carboxylic acids is 1. The monoisotopic (exact) mass is 353 g/mol. The molecule has 1 amide bonds. The first kappa shape index (κ1) is 16.8. The van der Waals surface area contributed by atoms with Gasteiger partial charge < -0.3 is 20.3 Å². The van der Waals surface area contributed by atoms with Gasteiger partial charge in [-0.3, -0.25) is 4.79 Å². The number of nitrogens with one attached hydrogen (secondary N) is 2. The molecule has 1 aliphatic heterocycles. The van der Waals surface area contributed by atoms with Gasteiger partial charge in [0, 0.05) is 24.8 Å². The molecule has 1 aromatic carbocycles. The summed E-state index contributed by atoms with van der Waals surface area (Å²) < 4.78 is 5.44. The molecule has 1 saturated carbocycles. The zero-order valence-corrected chi connectivity index (χ0v) is 14.9. The van der Waals surface area contributed by atoms with E-state index in [2.05, 4.69) is 31.6 Å². The first-order valence-corrected chi connectivity index (χ1v) is 9.04. The number of hydrogen-bond acceptors (Lipinski definition) is 6. The lowest BCUT2D eigenvalue weighted by Gasteiger charge is -2.30. The molecule has 2 aromatic rings. The molecule has 0 spiro atoms. The Morgan fingerprint density at radius 3 is 2.73 bits per heavy atom. The van der Waals surface area contributed by atoms with Gasteiger partial charge in [-0.1, -0.05) is 12.1 Å². The van der Waals surface area contributed by atoms with Gasteiger partial charge in [-0.05, 0) is 38.0 Å². The predicted molar refractivity (Wildman–Crippen MR) is 100 cm³/mol. The summed E-state index contributed by atoms with van der Waals surface area (Å²) in [6.07, 6.45) is 2.10. The fraction of sp³-hybridized carbons (Fsp3) is 0.421. The number of aryl methyl sites for hydroxylation is 1. The van der Waals surface area contributed by atoms with E-state index in [1.54, 1.807) is 6.07 Å². The van der Waals surface area contributed by atoms with E-state index < -0.39 is 0 Å². The largest absolute Gasteiger partial charge is 0.378 e. The maximum atomic E-state index is 12.3. The highest BCUT2D eigenvalue weighted by molar-refractivity contribution is 5.93. The molecule has 7 heteroatoms. The number of aromatic nitrogens is 2. The summed E-state index contributed by atoms with van der Waals surface area (Å²) in [5, 5.41) is 6.26. The Bertz CT molecular complexity index is 800. The van der Waals surface area contributed by atoms with Crippen LogP contribution in [0.25, 0.3) is 0 Å². The van der Waals surface area contributed by atoms with Crippen molar-refractivity contribution in [3.63, 3.8) is 0 Å². The summed E-state index contributed by atoms with van der Waals surface area (Å²) in [7, 11) is 0. The molecule has 136 valence electrons. The van der Waals surface area contributed by atoms with Crippen LogP contribution in [0.4, 0.5) is 17.3 Å². The molecular formula is C19H23N5O2. The molecule has 0 radical (unpaired) electrons. The Morgan fingerprint density at radius 2 is 1.96 bits per heavy atom. The molecular weight excluding hydrogens is 330 g/mol. The molecule has 26 heavy (non-hydrogen) atoms. The highest BCUT2D eigenvalue weighted by atomic mass is 16.5. The fourth-order valence-electron chi connectivity index (χ4n) is 3.01. The molecule has 4 rings (SSSR count). The van der Waals surface area contributed by atoms with Crippen molar-refractivity contribution < 1.29 is 9.53 Å². The van der Waals surface area contributed by atoms with Crippen LogP contribution in [0.15, 0.2) is 30.3 Å². The fourth-order valence-corrected chi connectivity index (χ4v) is 3.01. The van der Waals surface area contributed by atoms with Gasteiger partial charge in [0.2, 0.25) is 5.95 Å². The number of rotatable bonds is 5. The van der Waals surface area contributed by atoms with Gasteiger partial charge in [0.25, 0.3) is 5.91 Å². The van der Waals surface area contributed by atoms with Crippen molar-refractivity contribution >= 4 is 23.2 Å². The van der Waals surface area contributed by atoms with Crippen LogP contribution in [0, 0.1) is 6.92 Å². The second-order valence-corrected chi connectivity index (χ2v) is 6.71. The molecule has 7 nitrogen and oxygen atoms in total. The van der Waals surface area contributed by atoms with Gasteiger partial charge in [0.05, 0.1) is 24.6 Å². The Kier molecular flexibility index (Phi) is 4.71. The maximum Gasteiger partial charge on any atom is 0.270 e. The topological polar surface area (TPSA) is 79.4 Å². The highest BCUT2D eigenvalue weighted by Gasteiger charge is 2.25. The van der Waals surface area contributed by atoms with Crippen LogP contribution in [0.3, 0.4) is 0 Å². The van der Waals surface area contributed by atoms with Crippen LogP contribution in [0.2, 0.25) is 0 Å². The molecule has 0 unspecified atom stereocenters. The summed E-state index contributed by atoms with van der Waals surface area (Å²) in [5.74, 6) is 0.300. The second kappa shape index (κ2) is 7.29. The van der Waals surface area contributed by atoms with Crippen LogP contribution in [-0.4, -0.2) is 48.2 Å². The Labute approximate surface area is 152 Å². The molecule has 0 atom stereocenters. The number of benzene rings is 1. The van der Waals surface area contributed by atoms with E-state index >= 15 is 0 Å². The van der Waals surface area contributed by atoms with Gasteiger partial charge in [-0.2, -0.15) is 0 Å². The maximum absolute atomic E-state index is 12.3. The van der Waals surface area contributed by atoms with E-state index in [1.165, 1.54) is 0 Å². The Hall–Kier alpha value is -2.67. The van der Waals surface area contributed by atoms with Crippen molar-refractivity contribution in [1.29, 1.82) is 0 Å². The minimum absolute atomic E-state index is 0.137. The number of para-hydroxylation sites is 2. The lowest BCUT2D eigenvalue weighted by atomic mass is 10.2. The average molecular weight is 353 g/mol. The third-order valence-electron chi connectivity index (χ3n) is 4.50. The Balaban J connectivity index is 1.57. The molecule has 1 aromatic heterocycles. The number of amides is 1. The van der Waals surface area contributed by atoms with E-state index in [9.17, 15) is 4.79 Å². The summed E-state index contributed by atoms with van der Waals surface area (Å²) >= 11 is 0. The van der Waals surface area contributed by atoms with Gasteiger partial charge in [0.15, 0.2) is 0 Å². The first-order chi connectivity index (χ1) is 12.7. The molecule has 1 saturated heterocycles. The number of ether oxygens (including phenoxy) is 1. The summed E-state index contributed by atoms with van der Waals surface area (Å²) in [6.45, 7) is 5.01. The van der Waals surface area contributed by atoms with E-state index in [0.717, 1.165) is 56.2 Å². The van der Waals surface area contributed by atoms with Crippen molar-refractivity contribution in [3.8, 4) is 0 Å². The van der Waals surface area contributed by atoms with Crippen molar-refractivity contribution in [1.82, 2.24) is 15.3 Å². The zero-order valence-electron chi connectivity index (χ0n) is 14.9. The number of nitrogens with zero attached hydrogens (tertiary/aromatic N) is 3. The van der Waals surface area contributed by atoms with Gasteiger partial charge >= 0.3 is 0 Å². The van der Waals surface area contributed by atoms with Crippen LogP contribution < -0.4 is 15.5 Å². The quantitative estimate of drug-likeness (QED) is 0.858. The van der Waals surface area contributed by atoms with E-state index in [0.29, 0.717) is 17.7 Å². The van der Waals surface area contributed by atoms with Gasteiger partial charge in [0.1, 0.15) is 5.69 Å². The number of morpholine rings is 1. The number of hydrogen-bond donors (Lipinski definition) is 2. The normalized spacial score (nSPS) is 17.0. The summed E-state index contributed by atoms with van der Waals surface area (Å²) in [5.41, 5.74) is 3.17. The van der Waals surface area contributed by atoms with E-state index in [-0.39, 0.29) is 5.91 Å². The van der Waals surface area contributed by atoms with E-state index in [1.807, 2.05) is 25.1 Å². The minimum Gasteiger partial charge on any atom is -0.378 e. The minimum atomic E-state index is -0.137. The zero-order chi connectivity index (χ0) is 17.9. The van der Waals surface area contributed by atoms with E-state index in [4.69, 9.17) is 4.74 Å². The molecule has 1 aliphatic carbocycles. The second-order valence-electron chi connectivity index (χ2n) is 6.71. The SMILES string of the molecule is Cc1cc(C(=O)NC2CC2)nc(Nc2ccccc2N2CCOCC2)n1. The summed E-state index contributed by atoms with van der Waals surface area (Å²) in [6, 6.07) is 10.1. The van der Waals surface area contributed by atoms with Crippen LogP contribution in [0.1, 0.15) is 29.0 Å². The number of carbonyl (C=O) groups is 1. The third-order valence-corrected chi connectivity index (χ3v) is 4.50. The molecule has 2 heterocycles. The lowest BCUT2D eigenvalue weighted by molar-refractivity contribution is 0.0946.